The summed E-state index contributed by atoms with van der Waals surface area (Å²) in [7, 11) is 0. The second kappa shape index (κ2) is 19.7. The number of carbonyl (C=O) groups is 5. The minimum absolute atomic E-state index is 0.0187. The predicted octanol–water partition coefficient (Wildman–Crippen LogP) is 5.64. The third-order valence-electron chi connectivity index (χ3n) is 7.50. The van der Waals surface area contributed by atoms with Gasteiger partial charge in [0.1, 0.15) is 12.6 Å². The molecule has 4 amide bonds. The van der Waals surface area contributed by atoms with E-state index in [-0.39, 0.29) is 47.0 Å². The van der Waals surface area contributed by atoms with E-state index in [0.717, 1.165) is 12.1 Å². The summed E-state index contributed by atoms with van der Waals surface area (Å²) >= 11 is 5.88. The Morgan fingerprint density at radius 1 is 0.964 bits per heavy atom. The van der Waals surface area contributed by atoms with Crippen LogP contribution in [0.15, 0.2) is 48.5 Å². The van der Waals surface area contributed by atoms with Crippen LogP contribution in [0.1, 0.15) is 62.1 Å². The molecule has 0 fully saturated rings. The summed E-state index contributed by atoms with van der Waals surface area (Å²) in [5.41, 5.74) is 6.95. The molecule has 0 saturated heterocycles. The fourth-order valence-corrected chi connectivity index (χ4v) is 4.24. The van der Waals surface area contributed by atoms with Gasteiger partial charge in [0.25, 0.3) is 17.7 Å². The van der Waals surface area contributed by atoms with Crippen LogP contribution in [0.3, 0.4) is 0 Å². The Hall–Kier alpha value is -5.59. The van der Waals surface area contributed by atoms with Crippen LogP contribution in [0, 0.1) is 28.7 Å². The van der Waals surface area contributed by atoms with Crippen LogP contribution >= 0.6 is 11.6 Å². The number of amides is 4. The highest BCUT2D eigenvalue weighted by atomic mass is 35.5. The van der Waals surface area contributed by atoms with E-state index in [1.54, 1.807) is 18.2 Å². The molecule has 0 radical (unpaired) electrons. The first-order valence-corrected chi connectivity index (χ1v) is 16.3. The number of nitrogens with zero attached hydrogens (tertiary/aromatic N) is 1. The van der Waals surface area contributed by atoms with E-state index in [1.165, 1.54) is 6.92 Å². The van der Waals surface area contributed by atoms with Crippen LogP contribution in [-0.4, -0.2) is 60.9 Å². The molecule has 0 bridgehead atoms. The maximum Gasteiger partial charge on any atom is 0.416 e. The van der Waals surface area contributed by atoms with Gasteiger partial charge in [0.15, 0.2) is 24.0 Å². The fraction of sp³-hybridized carbons (Fsp3) is 0.343. The number of nitrogens with two attached hydrogens (primary N) is 1. The van der Waals surface area contributed by atoms with Gasteiger partial charge in [0.05, 0.1) is 22.9 Å². The van der Waals surface area contributed by atoms with Crippen molar-refractivity contribution in [3.05, 3.63) is 93.5 Å². The zero-order valence-corrected chi connectivity index (χ0v) is 30.6. The number of halogens is 8. The van der Waals surface area contributed by atoms with E-state index in [1.807, 2.05) is 17.7 Å². The van der Waals surface area contributed by atoms with Gasteiger partial charge in [-0.15, -0.1) is 0 Å². The normalized spacial score (nSPS) is 12.2. The second-order valence-corrected chi connectivity index (χ2v) is 12.9. The molecule has 0 aliphatic carbocycles. The lowest BCUT2D eigenvalue weighted by atomic mass is 9.88. The highest BCUT2D eigenvalue weighted by Crippen LogP contribution is 2.31. The van der Waals surface area contributed by atoms with Gasteiger partial charge in [-0.2, -0.15) is 22.0 Å². The van der Waals surface area contributed by atoms with Crippen molar-refractivity contribution in [3.8, 4) is 5.75 Å². The minimum Gasteiger partial charge on any atom is -0.477 e. The van der Waals surface area contributed by atoms with Crippen molar-refractivity contribution in [2.24, 2.45) is 5.41 Å². The summed E-state index contributed by atoms with van der Waals surface area (Å²) in [4.78, 5) is 60.3. The SMILES string of the molecule is CC(NC(=O)c1ccc(N)c(Cl)c1)C(C)(C)C.CCOC(=O)CN(NC(=O)C(NC=O)c1cccc(C(F)(F)F)c1)C(=O)COc1c(F)c(F)cc(F)c1F. The molecule has 55 heavy (non-hydrogen) atoms. The van der Waals surface area contributed by atoms with E-state index < -0.39 is 77.7 Å². The predicted molar refractivity (Wildman–Crippen MR) is 184 cm³/mol. The third kappa shape index (κ3) is 13.3. The first-order chi connectivity index (χ1) is 25.5. The first kappa shape index (κ1) is 45.6. The summed E-state index contributed by atoms with van der Waals surface area (Å²) in [6.45, 7) is 7.01. The van der Waals surface area contributed by atoms with Gasteiger partial charge in [0.2, 0.25) is 18.0 Å². The summed E-state index contributed by atoms with van der Waals surface area (Å²) in [6, 6.07) is 6.29. The van der Waals surface area contributed by atoms with Gasteiger partial charge in [-0.1, -0.05) is 44.5 Å². The third-order valence-corrected chi connectivity index (χ3v) is 7.83. The molecule has 300 valence electrons. The van der Waals surface area contributed by atoms with E-state index in [4.69, 9.17) is 17.3 Å². The molecule has 3 aromatic rings. The average molecular weight is 808 g/mol. The van der Waals surface area contributed by atoms with Crippen LogP contribution in [0.25, 0.3) is 0 Å². The van der Waals surface area contributed by atoms with Crippen LogP contribution in [0.4, 0.5) is 36.4 Å². The number of hydrazine groups is 1. The molecule has 0 aromatic heterocycles. The molecule has 12 nitrogen and oxygen atoms in total. The number of ether oxygens (including phenoxy) is 2. The number of nitrogen functional groups attached to an aromatic ring is 1. The van der Waals surface area contributed by atoms with Crippen molar-refractivity contribution in [2.45, 2.75) is 52.9 Å². The highest BCUT2D eigenvalue weighted by Gasteiger charge is 2.33. The monoisotopic (exact) mass is 807 g/mol. The highest BCUT2D eigenvalue weighted by molar-refractivity contribution is 6.33. The largest absolute Gasteiger partial charge is 0.477 e. The van der Waals surface area contributed by atoms with Crippen molar-refractivity contribution < 1.29 is 64.2 Å². The molecule has 0 spiro atoms. The molecule has 20 heteroatoms. The summed E-state index contributed by atoms with van der Waals surface area (Å²) in [6.07, 6.45) is -4.82. The lowest BCUT2D eigenvalue weighted by molar-refractivity contribution is -0.154. The number of hydrogen-bond donors (Lipinski definition) is 4. The minimum atomic E-state index is -4.80. The number of carbonyl (C=O) groups excluding carboxylic acids is 5. The zero-order chi connectivity index (χ0) is 41.8. The first-order valence-electron chi connectivity index (χ1n) is 16.0. The molecule has 5 N–H and O–H groups in total. The van der Waals surface area contributed by atoms with E-state index in [0.29, 0.717) is 28.4 Å². The Labute approximate surface area is 315 Å². The number of esters is 1. The lowest BCUT2D eigenvalue weighted by Gasteiger charge is -2.28. The molecule has 3 rings (SSSR count). The number of rotatable bonds is 12. The maximum absolute atomic E-state index is 13.8. The number of benzene rings is 3. The van der Waals surface area contributed by atoms with E-state index in [9.17, 15) is 54.7 Å². The average Bonchev–Trinajstić information content (AvgIpc) is 3.10. The van der Waals surface area contributed by atoms with Gasteiger partial charge >= 0.3 is 12.1 Å². The summed E-state index contributed by atoms with van der Waals surface area (Å²) in [5, 5.41) is 5.51. The van der Waals surface area contributed by atoms with Crippen molar-refractivity contribution in [2.75, 3.05) is 25.5 Å². The van der Waals surface area contributed by atoms with Gasteiger partial charge in [-0.05, 0) is 55.2 Å². The molecule has 0 aliphatic heterocycles. The molecule has 0 aliphatic rings. The Morgan fingerprint density at radius 3 is 2.11 bits per heavy atom. The Balaban J connectivity index is 0.000000512. The number of alkyl halides is 3. The topological polar surface area (TPSA) is 169 Å². The van der Waals surface area contributed by atoms with Gasteiger partial charge in [-0.3, -0.25) is 29.4 Å². The number of hydrogen-bond acceptors (Lipinski definition) is 8. The maximum atomic E-state index is 13.8. The zero-order valence-electron chi connectivity index (χ0n) is 29.9. The molecule has 2 atom stereocenters. The standard InChI is InChI=1S/C22H18F7N3O6.C13H19ClN2O/c1-2-37-16(35)8-32(15(34)9-38-20-17(25)13(23)7-14(24)18(20)26)31-21(36)19(30-10-33)11-4-3-5-12(6-11)22(27,28)29;1-8(13(2,3)4)16-12(17)9-5-6-11(15)10(14)7-9/h3-7,10,19H,2,8-9H2,1H3,(H,30,33)(H,31,36);5-8H,15H2,1-4H3,(H,16,17). The van der Waals surface area contributed by atoms with Crippen molar-refractivity contribution in [1.82, 2.24) is 21.1 Å². The molecular weight excluding hydrogens is 771 g/mol. The van der Waals surface area contributed by atoms with E-state index in [2.05, 4.69) is 35.6 Å². The number of anilines is 1. The molecule has 0 saturated carbocycles. The Morgan fingerprint density at radius 2 is 1.58 bits per heavy atom. The van der Waals surface area contributed by atoms with Crippen LogP contribution in [0.5, 0.6) is 5.75 Å². The summed E-state index contributed by atoms with van der Waals surface area (Å²) in [5.74, 6) is -13.2. The fourth-order valence-electron chi connectivity index (χ4n) is 4.06. The molecule has 3 aromatic carbocycles. The van der Waals surface area contributed by atoms with Crippen LogP contribution in [-0.2, 0) is 30.1 Å². The molecular formula is C35H37ClF7N5O7. The van der Waals surface area contributed by atoms with Crippen LogP contribution in [0.2, 0.25) is 5.02 Å². The van der Waals surface area contributed by atoms with Gasteiger partial charge in [0, 0.05) is 17.7 Å². The van der Waals surface area contributed by atoms with Crippen molar-refractivity contribution in [1.29, 1.82) is 0 Å². The molecule has 0 heterocycles. The van der Waals surface area contributed by atoms with Crippen molar-refractivity contribution >= 4 is 47.4 Å². The Bertz CT molecular complexity index is 1850. The van der Waals surface area contributed by atoms with Crippen LogP contribution < -0.4 is 26.5 Å². The number of nitrogens with one attached hydrogen (secondary N) is 3. The molecule has 2 unspecified atom stereocenters. The smallest absolute Gasteiger partial charge is 0.416 e. The van der Waals surface area contributed by atoms with E-state index >= 15 is 0 Å². The quantitative estimate of drug-likeness (QED) is 0.0456. The van der Waals surface area contributed by atoms with Crippen molar-refractivity contribution in [3.63, 3.8) is 0 Å². The summed E-state index contributed by atoms with van der Waals surface area (Å²) < 4.78 is 103. The Kier molecular flexibility index (Phi) is 16.3. The van der Waals surface area contributed by atoms with Gasteiger partial charge in [-0.25, -0.2) is 13.8 Å². The second-order valence-electron chi connectivity index (χ2n) is 12.5. The van der Waals surface area contributed by atoms with Gasteiger partial charge < -0.3 is 25.8 Å². The lowest BCUT2D eigenvalue weighted by Crippen LogP contribution is -2.53.